The van der Waals surface area contributed by atoms with Crippen molar-refractivity contribution >= 4 is 16.1 Å². The lowest BCUT2D eigenvalue weighted by Crippen LogP contribution is -2.35. The van der Waals surface area contributed by atoms with E-state index >= 15 is 0 Å². The lowest BCUT2D eigenvalue weighted by atomic mass is 10.2. The Kier molecular flexibility index (Phi) is 4.56. The molecule has 1 aliphatic heterocycles. The van der Waals surface area contributed by atoms with Gasteiger partial charge in [0.05, 0.1) is 12.3 Å². The molecule has 20 heavy (non-hydrogen) atoms. The number of halogens is 1. The highest BCUT2D eigenvalue weighted by atomic mass is 32.2. The Labute approximate surface area is 116 Å². The third-order valence-corrected chi connectivity index (χ3v) is 4.18. The van der Waals surface area contributed by atoms with Crippen LogP contribution in [0.4, 0.5) is 9.18 Å². The molecule has 1 aliphatic rings. The summed E-state index contributed by atoms with van der Waals surface area (Å²) in [5.41, 5.74) is 0.500. The Hall–Kier alpha value is -1.67. The van der Waals surface area contributed by atoms with Gasteiger partial charge >= 0.3 is 6.09 Å². The molecule has 1 fully saturated rings. The van der Waals surface area contributed by atoms with Gasteiger partial charge in [-0.15, -0.1) is 0 Å². The second kappa shape index (κ2) is 6.19. The smallest absolute Gasteiger partial charge is 0.409 e. The van der Waals surface area contributed by atoms with Gasteiger partial charge in [0.1, 0.15) is 12.4 Å². The molecule has 110 valence electrons. The van der Waals surface area contributed by atoms with Crippen LogP contribution in [-0.4, -0.2) is 45.7 Å². The summed E-state index contributed by atoms with van der Waals surface area (Å²) in [4.78, 5) is 12.6. The van der Waals surface area contributed by atoms with Crippen molar-refractivity contribution in [3.8, 4) is 0 Å². The average molecular weight is 302 g/mol. The third-order valence-electron chi connectivity index (χ3n) is 2.82. The minimum Gasteiger partial charge on any atom is -0.448 e. The second-order valence-electron chi connectivity index (χ2n) is 4.38. The van der Waals surface area contributed by atoms with Crippen LogP contribution in [0.15, 0.2) is 24.3 Å². The molecule has 1 saturated heterocycles. The predicted octanol–water partition coefficient (Wildman–Crippen LogP) is 0.697. The molecule has 0 spiro atoms. The van der Waals surface area contributed by atoms with E-state index in [4.69, 9.17) is 4.74 Å². The first-order valence-corrected chi connectivity index (χ1v) is 7.75. The maximum Gasteiger partial charge on any atom is 0.409 e. The lowest BCUT2D eigenvalue weighted by Gasteiger charge is -2.13. The summed E-state index contributed by atoms with van der Waals surface area (Å²) in [5.74, 6) is -0.635. The standard InChI is InChI=1S/C12H15FN2O4S/c13-11-3-1-10(2-4-11)9-20(17,18)14-5-6-15-7-8-19-12(15)16/h1-4,14H,5-9H2. The number of rotatable bonds is 6. The fourth-order valence-corrected chi connectivity index (χ4v) is 2.95. The monoisotopic (exact) mass is 302 g/mol. The first kappa shape index (κ1) is 14.7. The Morgan fingerprint density at radius 2 is 2.00 bits per heavy atom. The van der Waals surface area contributed by atoms with Gasteiger partial charge in [0.15, 0.2) is 0 Å². The van der Waals surface area contributed by atoms with E-state index in [0.29, 0.717) is 18.7 Å². The average Bonchev–Trinajstić information content (AvgIpc) is 2.78. The molecule has 8 heteroatoms. The van der Waals surface area contributed by atoms with Crippen LogP contribution in [0.5, 0.6) is 0 Å². The van der Waals surface area contributed by atoms with E-state index in [1.54, 1.807) is 0 Å². The highest BCUT2D eigenvalue weighted by Crippen LogP contribution is 2.07. The second-order valence-corrected chi connectivity index (χ2v) is 6.19. The minimum atomic E-state index is -3.51. The van der Waals surface area contributed by atoms with Crippen LogP contribution in [0, 0.1) is 5.82 Å². The molecule has 0 saturated carbocycles. The number of carbonyl (C=O) groups excluding carboxylic acids is 1. The van der Waals surface area contributed by atoms with Gasteiger partial charge in [-0.05, 0) is 17.7 Å². The number of hydrogen-bond donors (Lipinski definition) is 1. The number of nitrogens with one attached hydrogen (secondary N) is 1. The summed E-state index contributed by atoms with van der Waals surface area (Å²) >= 11 is 0. The first-order valence-electron chi connectivity index (χ1n) is 6.10. The van der Waals surface area contributed by atoms with Gasteiger partial charge in [-0.3, -0.25) is 0 Å². The highest BCUT2D eigenvalue weighted by Gasteiger charge is 2.21. The Morgan fingerprint density at radius 1 is 1.30 bits per heavy atom. The van der Waals surface area contributed by atoms with Crippen LogP contribution in [-0.2, 0) is 20.5 Å². The van der Waals surface area contributed by atoms with Crippen LogP contribution in [0.2, 0.25) is 0 Å². The molecular formula is C12H15FN2O4S. The summed E-state index contributed by atoms with van der Waals surface area (Å²) in [7, 11) is -3.51. The predicted molar refractivity (Wildman–Crippen MR) is 69.9 cm³/mol. The molecule has 0 bridgehead atoms. The number of hydrogen-bond acceptors (Lipinski definition) is 4. The normalized spacial score (nSPS) is 15.4. The molecule has 1 aromatic rings. The molecular weight excluding hydrogens is 287 g/mol. The van der Waals surface area contributed by atoms with Gasteiger partial charge in [0.25, 0.3) is 0 Å². The highest BCUT2D eigenvalue weighted by molar-refractivity contribution is 7.88. The van der Waals surface area contributed by atoms with Crippen molar-refractivity contribution in [2.45, 2.75) is 5.75 Å². The van der Waals surface area contributed by atoms with Crippen LogP contribution < -0.4 is 4.72 Å². The molecule has 2 rings (SSSR count). The number of amides is 1. The number of nitrogens with zero attached hydrogens (tertiary/aromatic N) is 1. The van der Waals surface area contributed by atoms with Crippen LogP contribution in [0.25, 0.3) is 0 Å². The Bertz CT molecular complexity index is 574. The topological polar surface area (TPSA) is 75.7 Å². The van der Waals surface area contributed by atoms with Crippen molar-refractivity contribution in [3.05, 3.63) is 35.6 Å². The van der Waals surface area contributed by atoms with Gasteiger partial charge in [0, 0.05) is 13.1 Å². The molecule has 0 atom stereocenters. The quantitative estimate of drug-likeness (QED) is 0.839. The number of sulfonamides is 1. The zero-order valence-electron chi connectivity index (χ0n) is 10.7. The van der Waals surface area contributed by atoms with E-state index in [1.807, 2.05) is 0 Å². The summed E-state index contributed by atoms with van der Waals surface area (Å²) < 4.78 is 43.4. The molecule has 0 aromatic heterocycles. The van der Waals surface area contributed by atoms with Crippen molar-refractivity contribution in [1.82, 2.24) is 9.62 Å². The fraction of sp³-hybridized carbons (Fsp3) is 0.417. The summed E-state index contributed by atoms with van der Waals surface area (Å²) in [6.07, 6.45) is -0.428. The van der Waals surface area contributed by atoms with Crippen LogP contribution in [0.3, 0.4) is 0 Å². The number of benzene rings is 1. The molecule has 1 amide bonds. The Morgan fingerprint density at radius 3 is 2.60 bits per heavy atom. The van der Waals surface area contributed by atoms with Gasteiger partial charge in [-0.1, -0.05) is 12.1 Å². The zero-order valence-corrected chi connectivity index (χ0v) is 11.5. The molecule has 6 nitrogen and oxygen atoms in total. The number of carbonyl (C=O) groups is 1. The fourth-order valence-electron chi connectivity index (χ4n) is 1.82. The van der Waals surface area contributed by atoms with E-state index in [2.05, 4.69) is 4.72 Å². The van der Waals surface area contributed by atoms with Crippen molar-refractivity contribution in [2.24, 2.45) is 0 Å². The van der Waals surface area contributed by atoms with E-state index in [-0.39, 0.29) is 18.8 Å². The third kappa shape index (κ3) is 4.17. The van der Waals surface area contributed by atoms with Gasteiger partial charge in [-0.25, -0.2) is 22.3 Å². The molecule has 1 aromatic carbocycles. The van der Waals surface area contributed by atoms with Crippen molar-refractivity contribution < 1.29 is 22.3 Å². The lowest BCUT2D eigenvalue weighted by molar-refractivity contribution is 0.159. The van der Waals surface area contributed by atoms with Crippen molar-refractivity contribution in [2.75, 3.05) is 26.2 Å². The van der Waals surface area contributed by atoms with E-state index in [0.717, 1.165) is 0 Å². The molecule has 1 N–H and O–H groups in total. The van der Waals surface area contributed by atoms with E-state index < -0.39 is 21.9 Å². The van der Waals surface area contributed by atoms with Gasteiger partial charge in [0.2, 0.25) is 10.0 Å². The maximum absolute atomic E-state index is 12.7. The summed E-state index contributed by atoms with van der Waals surface area (Å²) in [6.45, 7) is 1.19. The first-order chi connectivity index (χ1) is 9.46. The SMILES string of the molecule is O=C1OCCN1CCNS(=O)(=O)Cc1ccc(F)cc1. The van der Waals surface area contributed by atoms with E-state index in [9.17, 15) is 17.6 Å². The van der Waals surface area contributed by atoms with Gasteiger partial charge in [-0.2, -0.15) is 0 Å². The number of cyclic esters (lactones) is 1. The zero-order chi connectivity index (χ0) is 14.6. The molecule has 0 unspecified atom stereocenters. The minimum absolute atomic E-state index is 0.124. The van der Waals surface area contributed by atoms with Crippen molar-refractivity contribution in [1.29, 1.82) is 0 Å². The maximum atomic E-state index is 12.7. The van der Waals surface area contributed by atoms with E-state index in [1.165, 1.54) is 29.2 Å². The van der Waals surface area contributed by atoms with Crippen molar-refractivity contribution in [3.63, 3.8) is 0 Å². The van der Waals surface area contributed by atoms with Crippen LogP contribution >= 0.6 is 0 Å². The molecule has 0 aliphatic carbocycles. The Balaban J connectivity index is 1.81. The van der Waals surface area contributed by atoms with Gasteiger partial charge < -0.3 is 9.64 Å². The summed E-state index contributed by atoms with van der Waals surface area (Å²) in [6, 6.07) is 5.27. The number of ether oxygens (including phenoxy) is 1. The molecule has 1 heterocycles. The largest absolute Gasteiger partial charge is 0.448 e. The summed E-state index contributed by atoms with van der Waals surface area (Å²) in [5, 5.41) is 0. The molecule has 0 radical (unpaired) electrons. The van der Waals surface area contributed by atoms with Crippen LogP contribution in [0.1, 0.15) is 5.56 Å².